The van der Waals surface area contributed by atoms with Crippen LogP contribution in [-0.2, 0) is 7.05 Å². The molecule has 2 aromatic heterocycles. The van der Waals surface area contributed by atoms with Gasteiger partial charge in [-0.2, -0.15) is 0 Å². The lowest BCUT2D eigenvalue weighted by molar-refractivity contribution is 0.102. The van der Waals surface area contributed by atoms with Crippen LogP contribution in [0.4, 0.5) is 0 Å². The van der Waals surface area contributed by atoms with Gasteiger partial charge in [-0.25, -0.2) is 4.68 Å². The van der Waals surface area contributed by atoms with Crippen molar-refractivity contribution in [3.05, 3.63) is 39.4 Å². The minimum Gasteiger partial charge on any atom is -0.287 e. The maximum atomic E-state index is 12.3. The van der Waals surface area contributed by atoms with Crippen molar-refractivity contribution in [2.45, 2.75) is 13.8 Å². The van der Waals surface area contributed by atoms with E-state index in [9.17, 15) is 4.79 Å². The van der Waals surface area contributed by atoms with Crippen LogP contribution in [0.2, 0.25) is 0 Å². The predicted octanol–water partition coefficient (Wildman–Crippen LogP) is 1.82. The highest BCUT2D eigenvalue weighted by molar-refractivity contribution is 9.10. The zero-order valence-corrected chi connectivity index (χ0v) is 11.3. The van der Waals surface area contributed by atoms with Crippen molar-refractivity contribution < 1.29 is 4.79 Å². The molecule has 2 aromatic rings. The van der Waals surface area contributed by atoms with Crippen LogP contribution < -0.4 is 0 Å². The summed E-state index contributed by atoms with van der Waals surface area (Å²) in [6, 6.07) is 3.59. The number of aromatic nitrogens is 4. The van der Waals surface area contributed by atoms with E-state index in [1.165, 1.54) is 4.68 Å². The van der Waals surface area contributed by atoms with Crippen molar-refractivity contribution in [3.63, 3.8) is 0 Å². The molecular weight excluding hydrogens is 284 g/mol. The van der Waals surface area contributed by atoms with E-state index in [-0.39, 0.29) is 5.78 Å². The van der Waals surface area contributed by atoms with Gasteiger partial charge in [0.25, 0.3) is 0 Å². The van der Waals surface area contributed by atoms with Gasteiger partial charge in [0, 0.05) is 24.0 Å². The summed E-state index contributed by atoms with van der Waals surface area (Å²) in [6.07, 6.45) is 0. The fourth-order valence-electron chi connectivity index (χ4n) is 1.63. The van der Waals surface area contributed by atoms with Gasteiger partial charge in [0.1, 0.15) is 5.69 Å². The van der Waals surface area contributed by atoms with Crippen LogP contribution in [0.5, 0.6) is 0 Å². The normalized spacial score (nSPS) is 10.6. The van der Waals surface area contributed by atoms with E-state index in [1.54, 1.807) is 13.1 Å². The van der Waals surface area contributed by atoms with Crippen molar-refractivity contribution in [2.75, 3.05) is 0 Å². The molecule has 0 unspecified atom stereocenters. The SMILES string of the molecule is Cc1ccc(C(=O)c2c(Br)nnn2C)c(C)n1. The average Bonchev–Trinajstić information content (AvgIpc) is 2.58. The van der Waals surface area contributed by atoms with Gasteiger partial charge in [-0.1, -0.05) is 5.21 Å². The molecule has 0 aliphatic rings. The second kappa shape index (κ2) is 4.37. The van der Waals surface area contributed by atoms with Gasteiger partial charge in [0.2, 0.25) is 5.78 Å². The summed E-state index contributed by atoms with van der Waals surface area (Å²) < 4.78 is 1.90. The first kappa shape index (κ1) is 11.9. The average molecular weight is 295 g/mol. The standard InChI is InChI=1S/C11H11BrN4O/c1-6-4-5-8(7(2)13-6)10(17)9-11(12)14-15-16(9)3/h4-5H,1-3H3. The summed E-state index contributed by atoms with van der Waals surface area (Å²) in [5, 5.41) is 7.59. The van der Waals surface area contributed by atoms with Crippen LogP contribution in [0, 0.1) is 13.8 Å². The molecule has 2 heterocycles. The number of carbonyl (C=O) groups is 1. The Morgan fingerprint density at radius 1 is 1.35 bits per heavy atom. The molecule has 0 saturated heterocycles. The van der Waals surface area contributed by atoms with Gasteiger partial charge in [0.15, 0.2) is 4.60 Å². The smallest absolute Gasteiger partial charge is 0.215 e. The van der Waals surface area contributed by atoms with Crippen LogP contribution in [-0.4, -0.2) is 25.8 Å². The molecule has 17 heavy (non-hydrogen) atoms. The van der Waals surface area contributed by atoms with Gasteiger partial charge in [-0.15, -0.1) is 5.10 Å². The van der Waals surface area contributed by atoms with Crippen molar-refractivity contribution in [1.82, 2.24) is 20.0 Å². The van der Waals surface area contributed by atoms with Crippen molar-refractivity contribution in [2.24, 2.45) is 7.05 Å². The summed E-state index contributed by atoms with van der Waals surface area (Å²) in [7, 11) is 1.68. The Morgan fingerprint density at radius 3 is 2.59 bits per heavy atom. The van der Waals surface area contributed by atoms with Gasteiger partial charge >= 0.3 is 0 Å². The van der Waals surface area contributed by atoms with Crippen LogP contribution in [0.25, 0.3) is 0 Å². The number of aryl methyl sites for hydroxylation is 3. The van der Waals surface area contributed by atoms with Crippen LogP contribution >= 0.6 is 15.9 Å². The third-order valence-electron chi connectivity index (χ3n) is 2.47. The Balaban J connectivity index is 2.51. The van der Waals surface area contributed by atoms with Crippen molar-refractivity contribution in [1.29, 1.82) is 0 Å². The first-order valence-electron chi connectivity index (χ1n) is 5.05. The fourth-order valence-corrected chi connectivity index (χ4v) is 2.13. The van der Waals surface area contributed by atoms with Gasteiger partial charge in [-0.05, 0) is 41.9 Å². The number of nitrogens with zero attached hydrogens (tertiary/aromatic N) is 4. The molecular formula is C11H11BrN4O. The molecule has 0 N–H and O–H groups in total. The minimum absolute atomic E-state index is 0.130. The molecule has 0 amide bonds. The number of rotatable bonds is 2. The molecule has 6 heteroatoms. The van der Waals surface area contributed by atoms with Crippen molar-refractivity contribution in [3.8, 4) is 0 Å². The molecule has 0 spiro atoms. The summed E-state index contributed by atoms with van der Waals surface area (Å²) in [5.41, 5.74) is 2.60. The van der Waals surface area contributed by atoms with Crippen molar-refractivity contribution >= 4 is 21.7 Å². The quantitative estimate of drug-likeness (QED) is 0.793. The van der Waals surface area contributed by atoms with Crippen LogP contribution in [0.3, 0.4) is 0 Å². The largest absolute Gasteiger partial charge is 0.287 e. The number of hydrogen-bond acceptors (Lipinski definition) is 4. The molecule has 0 bridgehead atoms. The fraction of sp³-hybridized carbons (Fsp3) is 0.273. The molecule has 0 radical (unpaired) electrons. The Hall–Kier alpha value is -1.56. The zero-order chi connectivity index (χ0) is 12.6. The second-order valence-corrected chi connectivity index (χ2v) is 4.52. The highest BCUT2D eigenvalue weighted by atomic mass is 79.9. The van der Waals surface area contributed by atoms with E-state index in [4.69, 9.17) is 0 Å². The maximum Gasteiger partial charge on any atom is 0.215 e. The molecule has 2 rings (SSSR count). The summed E-state index contributed by atoms with van der Waals surface area (Å²) in [4.78, 5) is 16.6. The Labute approximate surface area is 107 Å². The topological polar surface area (TPSA) is 60.7 Å². The zero-order valence-electron chi connectivity index (χ0n) is 9.73. The number of halogens is 1. The number of pyridine rings is 1. The highest BCUT2D eigenvalue weighted by Crippen LogP contribution is 2.18. The molecule has 5 nitrogen and oxygen atoms in total. The molecule has 0 atom stereocenters. The van der Waals surface area contributed by atoms with E-state index in [2.05, 4.69) is 31.2 Å². The monoisotopic (exact) mass is 294 g/mol. The molecule has 0 fully saturated rings. The van der Waals surface area contributed by atoms with E-state index in [1.807, 2.05) is 19.9 Å². The number of carbonyl (C=O) groups excluding carboxylic acids is 1. The van der Waals surface area contributed by atoms with E-state index >= 15 is 0 Å². The first-order chi connectivity index (χ1) is 8.00. The lowest BCUT2D eigenvalue weighted by Crippen LogP contribution is -2.11. The van der Waals surface area contributed by atoms with E-state index in [0.29, 0.717) is 21.6 Å². The van der Waals surface area contributed by atoms with Gasteiger partial charge < -0.3 is 0 Å². The Morgan fingerprint density at radius 2 is 2.06 bits per heavy atom. The summed E-state index contributed by atoms with van der Waals surface area (Å²) >= 11 is 3.22. The lowest BCUT2D eigenvalue weighted by Gasteiger charge is -2.05. The molecule has 0 aromatic carbocycles. The number of ketones is 1. The number of hydrogen-bond donors (Lipinski definition) is 0. The highest BCUT2D eigenvalue weighted by Gasteiger charge is 2.20. The second-order valence-electron chi connectivity index (χ2n) is 3.77. The van der Waals surface area contributed by atoms with Crippen LogP contribution in [0.1, 0.15) is 27.4 Å². The van der Waals surface area contributed by atoms with E-state index < -0.39 is 0 Å². The molecule has 88 valence electrons. The molecule has 0 aliphatic heterocycles. The predicted molar refractivity (Wildman–Crippen MR) is 65.8 cm³/mol. The Bertz CT molecular complexity index is 572. The van der Waals surface area contributed by atoms with Gasteiger partial charge in [0.05, 0.1) is 0 Å². The van der Waals surface area contributed by atoms with E-state index in [0.717, 1.165) is 5.69 Å². The first-order valence-corrected chi connectivity index (χ1v) is 5.84. The maximum absolute atomic E-state index is 12.3. The summed E-state index contributed by atoms with van der Waals surface area (Å²) in [5.74, 6) is -0.130. The Kier molecular flexibility index (Phi) is 3.06. The third kappa shape index (κ3) is 2.12. The van der Waals surface area contributed by atoms with Gasteiger partial charge in [-0.3, -0.25) is 9.78 Å². The summed E-state index contributed by atoms with van der Waals surface area (Å²) in [6.45, 7) is 3.71. The molecule has 0 saturated carbocycles. The minimum atomic E-state index is -0.130. The molecule has 0 aliphatic carbocycles. The lowest BCUT2D eigenvalue weighted by atomic mass is 10.1. The van der Waals surface area contributed by atoms with Crippen LogP contribution in [0.15, 0.2) is 16.7 Å². The third-order valence-corrected chi connectivity index (χ3v) is 3.00.